The van der Waals surface area contributed by atoms with Gasteiger partial charge in [-0.05, 0) is 30.3 Å². The third kappa shape index (κ3) is 7.31. The highest BCUT2D eigenvalue weighted by molar-refractivity contribution is 7.99. The van der Waals surface area contributed by atoms with Crippen LogP contribution in [-0.4, -0.2) is 79.2 Å². The number of hydrogen-bond acceptors (Lipinski definition) is 10. The maximum atomic E-state index is 13.4. The van der Waals surface area contributed by atoms with Crippen LogP contribution < -0.4 is 20.4 Å². The third-order valence-corrected chi connectivity index (χ3v) is 7.06. The predicted octanol–water partition coefficient (Wildman–Crippen LogP) is 4.04. The number of amides is 1. The quantitative estimate of drug-likeness (QED) is 0.383. The Balaban J connectivity index is 1.33. The summed E-state index contributed by atoms with van der Waals surface area (Å²) in [6.07, 6.45) is -4.54. The van der Waals surface area contributed by atoms with Gasteiger partial charge in [0.2, 0.25) is 17.8 Å². The first kappa shape index (κ1) is 27.9. The molecule has 0 atom stereocenters. The van der Waals surface area contributed by atoms with Crippen molar-refractivity contribution in [3.05, 3.63) is 54.1 Å². The number of carbonyl (C=O) groups excluding carboxylic acids is 1. The van der Waals surface area contributed by atoms with Crippen molar-refractivity contribution in [3.63, 3.8) is 0 Å². The maximum absolute atomic E-state index is 13.4. The number of aromatic nitrogens is 3. The number of nitrogens with zero attached hydrogens (tertiary/aromatic N) is 5. The average molecular weight is 576 g/mol. The van der Waals surface area contributed by atoms with Crippen LogP contribution >= 0.6 is 11.8 Å². The fraction of sp³-hybridized carbons (Fsp3) is 0.385. The molecule has 2 aliphatic heterocycles. The summed E-state index contributed by atoms with van der Waals surface area (Å²) in [5, 5.41) is 6.13. The van der Waals surface area contributed by atoms with Crippen LogP contribution in [0.3, 0.4) is 0 Å². The molecule has 40 heavy (non-hydrogen) atoms. The minimum absolute atomic E-state index is 0.0958. The van der Waals surface area contributed by atoms with Crippen molar-refractivity contribution < 1.29 is 27.4 Å². The Labute approximate surface area is 233 Å². The highest BCUT2D eigenvalue weighted by Gasteiger charge is 2.32. The molecular formula is C26H28F3N7O3S. The second-order valence-electron chi connectivity index (χ2n) is 9.00. The molecule has 3 heterocycles. The molecule has 10 nitrogen and oxygen atoms in total. The van der Waals surface area contributed by atoms with Crippen molar-refractivity contribution in [2.24, 2.45) is 0 Å². The summed E-state index contributed by atoms with van der Waals surface area (Å²) in [5.74, 6) is 0.172. The lowest BCUT2D eigenvalue weighted by molar-refractivity contribution is -0.137. The van der Waals surface area contributed by atoms with Crippen LogP contribution in [0.25, 0.3) is 0 Å². The predicted molar refractivity (Wildman–Crippen MR) is 146 cm³/mol. The van der Waals surface area contributed by atoms with Gasteiger partial charge in [-0.25, -0.2) is 0 Å². The zero-order valence-corrected chi connectivity index (χ0v) is 22.3. The number of halogens is 3. The number of hydrogen-bond donors (Lipinski definition) is 2. The molecule has 0 saturated carbocycles. The molecule has 0 radical (unpaired) electrons. The average Bonchev–Trinajstić information content (AvgIpc) is 2.97. The molecule has 1 aromatic heterocycles. The number of nitrogens with one attached hydrogen (secondary N) is 2. The van der Waals surface area contributed by atoms with Gasteiger partial charge in [0.1, 0.15) is 0 Å². The van der Waals surface area contributed by atoms with Gasteiger partial charge in [-0.15, -0.1) is 0 Å². The fourth-order valence-electron chi connectivity index (χ4n) is 4.23. The molecule has 3 aromatic rings. The number of anilines is 5. The summed E-state index contributed by atoms with van der Waals surface area (Å²) in [4.78, 5) is 30.4. The number of benzene rings is 2. The van der Waals surface area contributed by atoms with E-state index < -0.39 is 17.6 Å². The lowest BCUT2D eigenvalue weighted by Gasteiger charge is -2.31. The van der Waals surface area contributed by atoms with E-state index in [0.29, 0.717) is 75.3 Å². The molecule has 14 heteroatoms. The van der Waals surface area contributed by atoms with E-state index in [9.17, 15) is 18.0 Å². The SMILES string of the molecule is O=C(CSc1nc(Nc2ccccc2)nc(N2CCOCC2)n1)Nc1cc(C(F)(F)F)ccc1N1CCOCC1. The molecule has 2 aliphatic rings. The monoisotopic (exact) mass is 575 g/mol. The van der Waals surface area contributed by atoms with Crippen molar-refractivity contribution in [2.75, 3.05) is 78.8 Å². The Morgan fingerprint density at radius 2 is 1.57 bits per heavy atom. The van der Waals surface area contributed by atoms with Crippen LogP contribution in [0.15, 0.2) is 53.7 Å². The highest BCUT2D eigenvalue weighted by atomic mass is 32.2. The third-order valence-electron chi connectivity index (χ3n) is 6.21. The molecule has 0 unspecified atom stereocenters. The molecule has 0 aliphatic carbocycles. The molecule has 5 rings (SSSR count). The van der Waals surface area contributed by atoms with Gasteiger partial charge in [0.05, 0.1) is 49.1 Å². The summed E-state index contributed by atoms with van der Waals surface area (Å²) in [6, 6.07) is 12.8. The lowest BCUT2D eigenvalue weighted by Crippen LogP contribution is -2.37. The molecule has 2 N–H and O–H groups in total. The number of thioether (sulfide) groups is 1. The maximum Gasteiger partial charge on any atom is 0.416 e. The second kappa shape index (κ2) is 12.7. The molecule has 0 spiro atoms. The van der Waals surface area contributed by atoms with Crippen LogP contribution in [0.2, 0.25) is 0 Å². The first-order valence-corrected chi connectivity index (χ1v) is 13.7. The van der Waals surface area contributed by atoms with Crippen LogP contribution in [0.4, 0.5) is 42.1 Å². The summed E-state index contributed by atoms with van der Waals surface area (Å²) < 4.78 is 51.1. The van der Waals surface area contributed by atoms with Crippen LogP contribution in [0.5, 0.6) is 0 Å². The van der Waals surface area contributed by atoms with E-state index in [2.05, 4.69) is 25.6 Å². The number of para-hydroxylation sites is 1. The van der Waals surface area contributed by atoms with Crippen molar-refractivity contribution >= 4 is 46.6 Å². The van der Waals surface area contributed by atoms with Crippen molar-refractivity contribution in [1.82, 2.24) is 15.0 Å². The summed E-state index contributed by atoms with van der Waals surface area (Å²) in [5.41, 5.74) is 0.560. The summed E-state index contributed by atoms with van der Waals surface area (Å²) >= 11 is 1.07. The Morgan fingerprint density at radius 1 is 0.900 bits per heavy atom. The first-order valence-electron chi connectivity index (χ1n) is 12.7. The number of alkyl halides is 3. The smallest absolute Gasteiger partial charge is 0.378 e. The number of carbonyl (C=O) groups is 1. The Hall–Kier alpha value is -3.62. The highest BCUT2D eigenvalue weighted by Crippen LogP contribution is 2.36. The van der Waals surface area contributed by atoms with Crippen LogP contribution in [0, 0.1) is 0 Å². The minimum Gasteiger partial charge on any atom is -0.378 e. The van der Waals surface area contributed by atoms with Gasteiger partial charge in [0.25, 0.3) is 0 Å². The van der Waals surface area contributed by atoms with Gasteiger partial charge in [0.15, 0.2) is 5.16 Å². The topological polar surface area (TPSA) is 105 Å². The van der Waals surface area contributed by atoms with Gasteiger partial charge in [-0.3, -0.25) is 4.79 Å². The summed E-state index contributed by atoms with van der Waals surface area (Å²) in [7, 11) is 0. The minimum atomic E-state index is -4.54. The Bertz CT molecular complexity index is 1300. The Kier molecular flexibility index (Phi) is 8.87. The number of rotatable bonds is 8. The number of ether oxygens (including phenoxy) is 2. The van der Waals surface area contributed by atoms with E-state index in [4.69, 9.17) is 9.47 Å². The van der Waals surface area contributed by atoms with E-state index >= 15 is 0 Å². The molecular weight excluding hydrogens is 547 g/mol. The Morgan fingerprint density at radius 3 is 2.25 bits per heavy atom. The van der Waals surface area contributed by atoms with E-state index in [1.165, 1.54) is 6.07 Å². The molecule has 2 aromatic carbocycles. The van der Waals surface area contributed by atoms with Crippen molar-refractivity contribution in [3.8, 4) is 0 Å². The zero-order chi connectivity index (χ0) is 28.0. The van der Waals surface area contributed by atoms with Gasteiger partial charge >= 0.3 is 6.18 Å². The lowest BCUT2D eigenvalue weighted by atomic mass is 10.1. The van der Waals surface area contributed by atoms with Gasteiger partial charge in [-0.2, -0.15) is 28.1 Å². The number of morpholine rings is 2. The standard InChI is InChI=1S/C26H28F3N7O3S/c27-26(28,29)18-6-7-21(35-8-12-38-13-9-35)20(16-18)31-22(37)17-40-25-33-23(30-19-4-2-1-3-5-19)32-24(34-25)36-10-14-39-15-11-36/h1-7,16H,8-15,17H2,(H,31,37)(H,30,32,33,34). The molecule has 1 amide bonds. The van der Waals surface area contributed by atoms with E-state index in [0.717, 1.165) is 29.6 Å². The van der Waals surface area contributed by atoms with Crippen molar-refractivity contribution in [1.29, 1.82) is 0 Å². The van der Waals surface area contributed by atoms with E-state index in [1.807, 2.05) is 40.1 Å². The van der Waals surface area contributed by atoms with Gasteiger partial charge < -0.3 is 29.9 Å². The molecule has 212 valence electrons. The van der Waals surface area contributed by atoms with E-state index in [-0.39, 0.29) is 11.4 Å². The van der Waals surface area contributed by atoms with Crippen LogP contribution in [-0.2, 0) is 20.4 Å². The normalized spacial score (nSPS) is 16.1. The molecule has 2 fully saturated rings. The zero-order valence-electron chi connectivity index (χ0n) is 21.5. The molecule has 0 bridgehead atoms. The van der Waals surface area contributed by atoms with Gasteiger partial charge in [0, 0.05) is 31.9 Å². The van der Waals surface area contributed by atoms with Crippen LogP contribution in [0.1, 0.15) is 5.56 Å². The fourth-order valence-corrected chi connectivity index (χ4v) is 4.86. The summed E-state index contributed by atoms with van der Waals surface area (Å²) in [6.45, 7) is 4.23. The van der Waals surface area contributed by atoms with Gasteiger partial charge in [-0.1, -0.05) is 30.0 Å². The van der Waals surface area contributed by atoms with Crippen molar-refractivity contribution in [2.45, 2.75) is 11.3 Å². The largest absolute Gasteiger partial charge is 0.416 e. The first-order chi connectivity index (χ1) is 19.3. The second-order valence-corrected chi connectivity index (χ2v) is 9.94. The van der Waals surface area contributed by atoms with E-state index in [1.54, 1.807) is 0 Å². The molecule has 2 saturated heterocycles.